The van der Waals surface area contributed by atoms with E-state index >= 15 is 0 Å². The third kappa shape index (κ3) is 4.41. The number of alkyl halides is 1. The number of allylic oxidation sites excluding steroid dienone is 1. The van der Waals surface area contributed by atoms with Crippen LogP contribution in [0, 0.1) is 11.6 Å². The van der Waals surface area contributed by atoms with Gasteiger partial charge in [0.05, 0.1) is 35.7 Å². The fourth-order valence-corrected chi connectivity index (χ4v) is 4.46. The molecule has 0 aliphatic heterocycles. The van der Waals surface area contributed by atoms with E-state index in [2.05, 4.69) is 10.3 Å². The van der Waals surface area contributed by atoms with E-state index in [1.165, 1.54) is 6.08 Å². The number of ether oxygens (including phenoxy) is 1. The number of nitrogens with one attached hydrogen (secondary N) is 1. The molecule has 0 atom stereocenters. The molecule has 0 radical (unpaired) electrons. The van der Waals surface area contributed by atoms with Crippen molar-refractivity contribution in [3.05, 3.63) is 96.1 Å². The van der Waals surface area contributed by atoms with Crippen molar-refractivity contribution in [2.45, 2.75) is 0 Å². The highest BCUT2D eigenvalue weighted by Gasteiger charge is 2.21. The summed E-state index contributed by atoms with van der Waals surface area (Å²) in [7, 11) is 3.47. The lowest BCUT2D eigenvalue weighted by molar-refractivity contribution is -0.112. The summed E-state index contributed by atoms with van der Waals surface area (Å²) in [5.41, 5.74) is 3.31. The number of methoxy groups -OCH3 is 1. The highest BCUT2D eigenvalue weighted by atomic mass is 35.5. The Morgan fingerprint density at radius 3 is 2.55 bits per heavy atom. The van der Waals surface area contributed by atoms with E-state index in [0.717, 1.165) is 40.4 Å². The van der Waals surface area contributed by atoms with Gasteiger partial charge in [0.25, 0.3) is 0 Å². The predicted octanol–water partition coefficient (Wildman–Crippen LogP) is 5.74. The van der Waals surface area contributed by atoms with Crippen molar-refractivity contribution in [1.82, 2.24) is 14.0 Å². The Balaban J connectivity index is 1.54. The van der Waals surface area contributed by atoms with Gasteiger partial charge >= 0.3 is 0 Å². The Labute approximate surface area is 220 Å². The van der Waals surface area contributed by atoms with E-state index < -0.39 is 29.0 Å². The van der Waals surface area contributed by atoms with Crippen molar-refractivity contribution in [2.24, 2.45) is 7.05 Å². The highest BCUT2D eigenvalue weighted by Crippen LogP contribution is 2.36. The summed E-state index contributed by atoms with van der Waals surface area (Å²) in [5.74, 6) is -2.78. The number of ketones is 1. The number of fused-ring (bicyclic) bond motifs is 2. The molecular formula is C28H21ClF2N4O3. The Bertz CT molecular complexity index is 1730. The molecule has 1 amide bonds. The maximum atomic E-state index is 14.7. The van der Waals surface area contributed by atoms with Gasteiger partial charge in [-0.2, -0.15) is 0 Å². The Morgan fingerprint density at radius 2 is 1.84 bits per heavy atom. The summed E-state index contributed by atoms with van der Waals surface area (Å²) < 4.78 is 38.6. The first-order chi connectivity index (χ1) is 18.3. The molecule has 10 heteroatoms. The van der Waals surface area contributed by atoms with Crippen molar-refractivity contribution in [3.8, 4) is 16.9 Å². The van der Waals surface area contributed by atoms with Crippen LogP contribution in [0.25, 0.3) is 27.7 Å². The number of halogens is 3. The number of hydrogen-bond acceptors (Lipinski definition) is 4. The third-order valence-electron chi connectivity index (χ3n) is 6.17. The number of imidazole rings is 1. The summed E-state index contributed by atoms with van der Waals surface area (Å²) in [6.45, 7) is 0. The molecule has 2 aromatic carbocycles. The number of nitrogens with zero attached hydrogens (tertiary/aromatic N) is 3. The zero-order valence-electron chi connectivity index (χ0n) is 20.3. The van der Waals surface area contributed by atoms with E-state index in [-0.39, 0.29) is 17.1 Å². The van der Waals surface area contributed by atoms with Gasteiger partial charge in [0.1, 0.15) is 23.1 Å². The van der Waals surface area contributed by atoms with Crippen LogP contribution in [0.2, 0.25) is 0 Å². The lowest BCUT2D eigenvalue weighted by Gasteiger charge is -2.12. The topological polar surface area (TPSA) is 77.6 Å². The molecule has 1 N–H and O–H groups in total. The zero-order valence-corrected chi connectivity index (χ0v) is 21.1. The molecule has 3 aromatic heterocycles. The van der Waals surface area contributed by atoms with Crippen LogP contribution in [0.4, 0.5) is 14.5 Å². The number of aromatic nitrogens is 3. The quantitative estimate of drug-likeness (QED) is 0.164. The lowest BCUT2D eigenvalue weighted by atomic mass is 10.0. The molecule has 0 unspecified atom stereocenters. The maximum absolute atomic E-state index is 14.7. The number of aryl methyl sites for hydroxylation is 1. The SMILES string of the molecule is COc1cc2c(cc1-c1cccn3c(C(=O)c4cc(F)c(NC(=O)/C=C/CCl)c(F)c4)ccc13)ncn2C. The van der Waals surface area contributed by atoms with Gasteiger partial charge in [-0.25, -0.2) is 13.8 Å². The number of benzene rings is 2. The molecule has 192 valence electrons. The Hall–Kier alpha value is -4.50. The highest BCUT2D eigenvalue weighted by molar-refractivity contribution is 6.19. The van der Waals surface area contributed by atoms with Gasteiger partial charge < -0.3 is 19.0 Å². The summed E-state index contributed by atoms with van der Waals surface area (Å²) >= 11 is 5.48. The molecule has 3 heterocycles. The van der Waals surface area contributed by atoms with Crippen LogP contribution in [0.5, 0.6) is 5.75 Å². The lowest BCUT2D eigenvalue weighted by Crippen LogP contribution is -2.13. The summed E-state index contributed by atoms with van der Waals surface area (Å²) in [6, 6.07) is 12.6. The largest absolute Gasteiger partial charge is 0.496 e. The Kier molecular flexibility index (Phi) is 6.69. The third-order valence-corrected chi connectivity index (χ3v) is 6.35. The maximum Gasteiger partial charge on any atom is 0.248 e. The van der Waals surface area contributed by atoms with Crippen LogP contribution in [-0.2, 0) is 11.8 Å². The van der Waals surface area contributed by atoms with Crippen molar-refractivity contribution in [2.75, 3.05) is 18.3 Å². The first-order valence-electron chi connectivity index (χ1n) is 11.5. The van der Waals surface area contributed by atoms with Gasteiger partial charge in [0.15, 0.2) is 0 Å². The van der Waals surface area contributed by atoms with Crippen LogP contribution in [-0.4, -0.2) is 38.6 Å². The van der Waals surface area contributed by atoms with Gasteiger partial charge in [0.2, 0.25) is 11.7 Å². The molecule has 0 fully saturated rings. The summed E-state index contributed by atoms with van der Waals surface area (Å²) in [4.78, 5) is 29.6. The number of rotatable bonds is 7. The molecular weight excluding hydrogens is 514 g/mol. The van der Waals surface area contributed by atoms with Crippen LogP contribution in [0.1, 0.15) is 16.1 Å². The number of carbonyl (C=O) groups is 2. The van der Waals surface area contributed by atoms with Crippen LogP contribution in [0.3, 0.4) is 0 Å². The van der Waals surface area contributed by atoms with E-state index in [9.17, 15) is 18.4 Å². The molecule has 0 aliphatic rings. The minimum atomic E-state index is -1.07. The molecule has 5 aromatic rings. The predicted molar refractivity (Wildman–Crippen MR) is 142 cm³/mol. The average molecular weight is 535 g/mol. The molecule has 0 aliphatic carbocycles. The second kappa shape index (κ2) is 10.1. The summed E-state index contributed by atoms with van der Waals surface area (Å²) in [6.07, 6.45) is 5.81. The number of pyridine rings is 1. The fraction of sp³-hybridized carbons (Fsp3) is 0.107. The minimum absolute atomic E-state index is 0.0728. The van der Waals surface area contributed by atoms with Crippen molar-refractivity contribution in [1.29, 1.82) is 0 Å². The van der Waals surface area contributed by atoms with Gasteiger partial charge in [-0.15, -0.1) is 11.6 Å². The van der Waals surface area contributed by atoms with Gasteiger partial charge in [-0.1, -0.05) is 12.1 Å². The smallest absolute Gasteiger partial charge is 0.248 e. The molecule has 0 saturated carbocycles. The van der Waals surface area contributed by atoms with E-state index in [4.69, 9.17) is 16.3 Å². The molecule has 0 bridgehead atoms. The Morgan fingerprint density at radius 1 is 1.08 bits per heavy atom. The minimum Gasteiger partial charge on any atom is -0.496 e. The number of hydrogen-bond donors (Lipinski definition) is 1. The van der Waals surface area contributed by atoms with Gasteiger partial charge in [0, 0.05) is 48.0 Å². The standard InChI is InChI=1S/C28H21ClF2N4O3/c1-34-15-32-21-13-18(25(38-2)14-24(21)34)17-5-4-10-35-22(17)7-8-23(35)28(37)16-11-19(30)27(20(31)12-16)33-26(36)6-3-9-29/h3-8,10-15H,9H2,1-2H3,(H,33,36)/b6-3+. The summed E-state index contributed by atoms with van der Waals surface area (Å²) in [5, 5.41) is 2.13. The first kappa shape index (κ1) is 25.2. The second-order valence-corrected chi connectivity index (χ2v) is 8.79. The number of anilines is 1. The molecule has 7 nitrogen and oxygen atoms in total. The van der Waals surface area contributed by atoms with E-state index in [0.29, 0.717) is 11.3 Å². The molecule has 0 saturated heterocycles. The monoisotopic (exact) mass is 534 g/mol. The number of amides is 1. The van der Waals surface area contributed by atoms with E-state index in [1.807, 2.05) is 29.8 Å². The van der Waals surface area contributed by atoms with E-state index in [1.54, 1.807) is 42.2 Å². The second-order valence-electron chi connectivity index (χ2n) is 8.48. The first-order valence-corrected chi connectivity index (χ1v) is 12.0. The molecule has 38 heavy (non-hydrogen) atoms. The zero-order chi connectivity index (χ0) is 27.0. The van der Waals surface area contributed by atoms with Crippen LogP contribution < -0.4 is 10.1 Å². The van der Waals surface area contributed by atoms with Crippen LogP contribution in [0.15, 0.2) is 73.2 Å². The van der Waals surface area contributed by atoms with Gasteiger partial charge in [-0.3, -0.25) is 9.59 Å². The van der Waals surface area contributed by atoms with Crippen LogP contribution >= 0.6 is 11.6 Å². The average Bonchev–Trinajstić information content (AvgIpc) is 3.51. The molecule has 0 spiro atoms. The number of carbonyl (C=O) groups excluding carboxylic acids is 2. The van der Waals surface area contributed by atoms with Crippen molar-refractivity contribution >= 4 is 45.5 Å². The molecule has 5 rings (SSSR count). The fourth-order valence-electron chi connectivity index (χ4n) is 4.37. The normalized spacial score (nSPS) is 11.5. The van der Waals surface area contributed by atoms with Crippen molar-refractivity contribution < 1.29 is 23.1 Å². The van der Waals surface area contributed by atoms with Crippen molar-refractivity contribution in [3.63, 3.8) is 0 Å². The van der Waals surface area contributed by atoms with Gasteiger partial charge in [-0.05, 0) is 36.4 Å².